The van der Waals surface area contributed by atoms with Gasteiger partial charge in [-0.15, -0.1) is 0 Å². The number of esters is 1. The number of aliphatic hydroxyl groups is 1. The SMILES string of the molecule is CC1(C)C(=O)C=C[C@]2(C)[C@@H]1C[C@H](O)[C@]1(C)[C@H]2CC[C@]2(C)[C@H](c3ccoc3)OC(=O)[C@@H]3O[C@]312. The van der Waals surface area contributed by atoms with Crippen LogP contribution >= 0.6 is 0 Å². The molecule has 172 valence electrons. The Morgan fingerprint density at radius 2 is 1.81 bits per heavy atom. The molecule has 0 radical (unpaired) electrons. The summed E-state index contributed by atoms with van der Waals surface area (Å²) in [6.07, 6.45) is 7.39. The van der Waals surface area contributed by atoms with Crippen molar-refractivity contribution in [3.05, 3.63) is 36.3 Å². The Bertz CT molecular complexity index is 1040. The monoisotopic (exact) mass is 440 g/mol. The van der Waals surface area contributed by atoms with Gasteiger partial charge in [-0.3, -0.25) is 4.79 Å². The molecular formula is C26H32O6. The highest BCUT2D eigenvalue weighted by atomic mass is 16.7. The third-order valence-electron chi connectivity index (χ3n) is 10.6. The van der Waals surface area contributed by atoms with Crippen molar-refractivity contribution in [2.45, 2.75) is 77.8 Å². The zero-order chi connectivity index (χ0) is 22.9. The van der Waals surface area contributed by atoms with Gasteiger partial charge in [0.15, 0.2) is 11.9 Å². The van der Waals surface area contributed by atoms with Crippen molar-refractivity contribution < 1.29 is 28.6 Å². The molecule has 3 heterocycles. The molecule has 0 amide bonds. The van der Waals surface area contributed by atoms with Gasteiger partial charge >= 0.3 is 5.97 Å². The first kappa shape index (κ1) is 20.7. The van der Waals surface area contributed by atoms with E-state index in [4.69, 9.17) is 13.9 Å². The number of carbonyl (C=O) groups is 2. The number of ketones is 1. The molecule has 0 aromatic carbocycles. The van der Waals surface area contributed by atoms with E-state index >= 15 is 0 Å². The van der Waals surface area contributed by atoms with Gasteiger partial charge in [-0.1, -0.05) is 40.7 Å². The highest BCUT2D eigenvalue weighted by molar-refractivity contribution is 5.95. The Hall–Kier alpha value is -1.92. The maximum atomic E-state index is 13.0. The minimum absolute atomic E-state index is 0.0266. The summed E-state index contributed by atoms with van der Waals surface area (Å²) in [5.41, 5.74) is -1.95. The van der Waals surface area contributed by atoms with Crippen LogP contribution in [0.3, 0.4) is 0 Å². The number of ether oxygens (including phenoxy) is 2. The standard InChI is InChI=1S/C26H32O6/c1-22(2)16-12-18(28)25(5)15(23(16,3)9-7-17(22)27)6-10-24(4)19(14-8-11-30-13-14)31-21(29)20-26(24,25)32-20/h7-9,11,13,15-16,18-20,28H,6,10,12H2,1-5H3/t15-,16+,18-,19-,20-,23-,24+,25-,26-/m0/s1. The molecule has 2 saturated heterocycles. The van der Waals surface area contributed by atoms with Crippen molar-refractivity contribution >= 4 is 11.8 Å². The largest absolute Gasteiger partial charge is 0.472 e. The number of rotatable bonds is 1. The van der Waals surface area contributed by atoms with E-state index in [0.717, 1.165) is 18.4 Å². The summed E-state index contributed by atoms with van der Waals surface area (Å²) in [5.74, 6) is -0.138. The number of furan rings is 1. The topological polar surface area (TPSA) is 89.3 Å². The summed E-state index contributed by atoms with van der Waals surface area (Å²) in [4.78, 5) is 25.8. The first-order valence-electron chi connectivity index (χ1n) is 11.8. The first-order chi connectivity index (χ1) is 14.9. The number of carbonyl (C=O) groups excluding carboxylic acids is 2. The number of epoxide rings is 1. The number of aliphatic hydroxyl groups excluding tert-OH is 1. The summed E-state index contributed by atoms with van der Waals surface area (Å²) >= 11 is 0. The average Bonchev–Trinajstić information content (AvgIpc) is 3.30. The maximum absolute atomic E-state index is 13.0. The van der Waals surface area contributed by atoms with E-state index in [1.807, 2.05) is 19.9 Å². The number of hydrogen-bond donors (Lipinski definition) is 1. The van der Waals surface area contributed by atoms with Crippen LogP contribution in [0.15, 0.2) is 35.2 Å². The molecular weight excluding hydrogens is 408 g/mol. The summed E-state index contributed by atoms with van der Waals surface area (Å²) in [7, 11) is 0. The molecule has 0 unspecified atom stereocenters. The van der Waals surface area contributed by atoms with Crippen LogP contribution in [0.2, 0.25) is 0 Å². The zero-order valence-electron chi connectivity index (χ0n) is 19.4. The van der Waals surface area contributed by atoms with E-state index < -0.39 is 40.2 Å². The molecule has 5 aliphatic rings. The van der Waals surface area contributed by atoms with E-state index in [2.05, 4.69) is 26.8 Å². The molecule has 32 heavy (non-hydrogen) atoms. The maximum Gasteiger partial charge on any atom is 0.339 e. The molecule has 6 rings (SSSR count). The van der Waals surface area contributed by atoms with Crippen LogP contribution in [0.1, 0.15) is 65.5 Å². The highest BCUT2D eigenvalue weighted by Crippen LogP contribution is 2.79. The Morgan fingerprint density at radius 1 is 1.06 bits per heavy atom. The van der Waals surface area contributed by atoms with Crippen LogP contribution in [0, 0.1) is 33.5 Å². The minimum atomic E-state index is -0.812. The Kier molecular flexibility index (Phi) is 3.72. The molecule has 2 aliphatic heterocycles. The number of hydrogen-bond acceptors (Lipinski definition) is 6. The van der Waals surface area contributed by atoms with E-state index in [0.29, 0.717) is 6.42 Å². The molecule has 6 heteroatoms. The second-order valence-corrected chi connectivity index (χ2v) is 12.0. The quantitative estimate of drug-likeness (QED) is 0.525. The van der Waals surface area contributed by atoms with Crippen molar-refractivity contribution in [1.29, 1.82) is 0 Å². The summed E-state index contributed by atoms with van der Waals surface area (Å²) in [5, 5.41) is 11.8. The molecule has 1 aromatic rings. The second kappa shape index (κ2) is 5.76. The Morgan fingerprint density at radius 3 is 2.50 bits per heavy atom. The molecule has 1 spiro atoms. The van der Waals surface area contributed by atoms with Crippen LogP contribution in [0.25, 0.3) is 0 Å². The third-order valence-corrected chi connectivity index (χ3v) is 10.6. The highest BCUT2D eigenvalue weighted by Gasteiger charge is 2.87. The Labute approximate surface area is 188 Å². The fourth-order valence-corrected chi connectivity index (χ4v) is 8.86. The van der Waals surface area contributed by atoms with E-state index in [1.165, 1.54) is 0 Å². The van der Waals surface area contributed by atoms with E-state index in [1.54, 1.807) is 18.6 Å². The molecule has 1 aromatic heterocycles. The molecule has 3 aliphatic carbocycles. The van der Waals surface area contributed by atoms with Gasteiger partial charge < -0.3 is 19.0 Å². The lowest BCUT2D eigenvalue weighted by atomic mass is 9.36. The summed E-state index contributed by atoms with van der Waals surface area (Å²) in [6, 6.07) is 1.85. The summed E-state index contributed by atoms with van der Waals surface area (Å²) < 4.78 is 17.6. The molecule has 2 saturated carbocycles. The van der Waals surface area contributed by atoms with Gasteiger partial charge in [-0.05, 0) is 48.7 Å². The summed E-state index contributed by atoms with van der Waals surface area (Å²) in [6.45, 7) is 10.5. The normalized spacial score (nSPS) is 52.9. The minimum Gasteiger partial charge on any atom is -0.472 e. The Balaban J connectivity index is 1.52. The number of cyclic esters (lactones) is 1. The van der Waals surface area contributed by atoms with Gasteiger partial charge in [0.1, 0.15) is 11.7 Å². The molecule has 4 fully saturated rings. The van der Waals surface area contributed by atoms with Crippen molar-refractivity contribution in [2.75, 3.05) is 0 Å². The van der Waals surface area contributed by atoms with Crippen LogP contribution in [-0.4, -0.2) is 34.7 Å². The fraction of sp³-hybridized carbons (Fsp3) is 0.692. The molecule has 9 atom stereocenters. The van der Waals surface area contributed by atoms with Crippen molar-refractivity contribution in [1.82, 2.24) is 0 Å². The lowest BCUT2D eigenvalue weighted by molar-refractivity contribution is -0.246. The average molecular weight is 441 g/mol. The number of fused-ring (bicyclic) bond motifs is 3. The van der Waals surface area contributed by atoms with Gasteiger partial charge in [0.25, 0.3) is 0 Å². The van der Waals surface area contributed by atoms with Crippen molar-refractivity contribution in [3.63, 3.8) is 0 Å². The predicted octanol–water partition coefficient (Wildman–Crippen LogP) is 3.99. The van der Waals surface area contributed by atoms with Crippen LogP contribution in [-0.2, 0) is 19.1 Å². The van der Waals surface area contributed by atoms with E-state index in [-0.39, 0.29) is 29.0 Å². The third kappa shape index (κ3) is 1.98. The zero-order valence-corrected chi connectivity index (χ0v) is 19.4. The van der Waals surface area contributed by atoms with Gasteiger partial charge in [0, 0.05) is 21.8 Å². The molecule has 0 bridgehead atoms. The lowest BCUT2D eigenvalue weighted by Gasteiger charge is -2.68. The van der Waals surface area contributed by atoms with Crippen LogP contribution in [0.5, 0.6) is 0 Å². The first-order valence-corrected chi connectivity index (χ1v) is 11.8. The predicted molar refractivity (Wildman–Crippen MR) is 114 cm³/mol. The van der Waals surface area contributed by atoms with E-state index in [9.17, 15) is 14.7 Å². The fourth-order valence-electron chi connectivity index (χ4n) is 8.86. The van der Waals surface area contributed by atoms with Crippen molar-refractivity contribution in [3.8, 4) is 0 Å². The second-order valence-electron chi connectivity index (χ2n) is 12.0. The number of allylic oxidation sites excluding steroid dienone is 2. The lowest BCUT2D eigenvalue weighted by Crippen LogP contribution is -2.72. The van der Waals surface area contributed by atoms with Crippen LogP contribution < -0.4 is 0 Å². The van der Waals surface area contributed by atoms with Gasteiger partial charge in [0.05, 0.1) is 18.6 Å². The van der Waals surface area contributed by atoms with Crippen molar-refractivity contribution in [2.24, 2.45) is 33.5 Å². The smallest absolute Gasteiger partial charge is 0.339 e. The van der Waals surface area contributed by atoms with Gasteiger partial charge in [0.2, 0.25) is 0 Å². The molecule has 1 N–H and O–H groups in total. The van der Waals surface area contributed by atoms with Crippen LogP contribution in [0.4, 0.5) is 0 Å². The van der Waals surface area contributed by atoms with Gasteiger partial charge in [-0.2, -0.15) is 0 Å². The van der Waals surface area contributed by atoms with Gasteiger partial charge in [-0.25, -0.2) is 4.79 Å². The molecule has 6 nitrogen and oxygen atoms in total.